The van der Waals surface area contributed by atoms with Gasteiger partial charge in [0.15, 0.2) is 0 Å². The van der Waals surface area contributed by atoms with E-state index in [1.807, 2.05) is 43.3 Å². The second kappa shape index (κ2) is 9.32. The fourth-order valence-corrected chi connectivity index (χ4v) is 3.94. The van der Waals surface area contributed by atoms with Crippen LogP contribution in [-0.4, -0.2) is 54.2 Å². The lowest BCUT2D eigenvalue weighted by Gasteiger charge is -2.34. The van der Waals surface area contributed by atoms with Crippen molar-refractivity contribution in [2.24, 2.45) is 0 Å². The van der Waals surface area contributed by atoms with Gasteiger partial charge < -0.3 is 14.3 Å². The monoisotopic (exact) mass is 408 g/mol. The van der Waals surface area contributed by atoms with E-state index < -0.39 is 0 Å². The molecule has 6 heteroatoms. The van der Waals surface area contributed by atoms with E-state index in [1.54, 1.807) is 12.1 Å². The molecule has 0 spiro atoms. The number of fused-ring (bicyclic) bond motifs is 1. The summed E-state index contributed by atoms with van der Waals surface area (Å²) < 4.78 is 11.1. The molecule has 0 bridgehead atoms. The lowest BCUT2D eigenvalue weighted by Crippen LogP contribution is -2.47. The summed E-state index contributed by atoms with van der Waals surface area (Å²) in [4.78, 5) is 16.8. The number of aromatic hydroxyl groups is 1. The first-order chi connectivity index (χ1) is 14.6. The number of rotatable bonds is 7. The van der Waals surface area contributed by atoms with Crippen molar-refractivity contribution in [3.8, 4) is 11.5 Å². The smallest absolute Gasteiger partial charge is 0.336 e. The molecule has 0 atom stereocenters. The quantitative estimate of drug-likeness (QED) is 0.606. The number of hydrogen-bond acceptors (Lipinski definition) is 6. The van der Waals surface area contributed by atoms with Gasteiger partial charge in [0.05, 0.1) is 0 Å². The first-order valence-electron chi connectivity index (χ1n) is 10.5. The number of hydrogen-bond donors (Lipinski definition) is 1. The van der Waals surface area contributed by atoms with Crippen LogP contribution in [0.1, 0.15) is 18.1 Å². The number of para-hydroxylation sites is 1. The zero-order valence-electron chi connectivity index (χ0n) is 17.3. The second-order valence-electron chi connectivity index (χ2n) is 7.70. The molecule has 0 aliphatic carbocycles. The fraction of sp³-hybridized carbons (Fsp3) is 0.375. The van der Waals surface area contributed by atoms with Crippen LogP contribution in [-0.2, 0) is 13.0 Å². The summed E-state index contributed by atoms with van der Waals surface area (Å²) >= 11 is 0. The van der Waals surface area contributed by atoms with E-state index in [9.17, 15) is 9.90 Å². The van der Waals surface area contributed by atoms with Crippen LogP contribution in [0.15, 0.2) is 57.7 Å². The summed E-state index contributed by atoms with van der Waals surface area (Å²) in [5.74, 6) is 1.08. The molecule has 158 valence electrons. The van der Waals surface area contributed by atoms with E-state index in [0.717, 1.165) is 61.4 Å². The van der Waals surface area contributed by atoms with Gasteiger partial charge >= 0.3 is 5.63 Å². The van der Waals surface area contributed by atoms with Crippen LogP contribution in [0, 0.1) is 0 Å². The Kier molecular flexibility index (Phi) is 6.35. The Morgan fingerprint density at radius 3 is 2.47 bits per heavy atom. The molecule has 1 fully saturated rings. The molecule has 1 aliphatic heterocycles. The molecule has 3 aromatic rings. The predicted octanol–water partition coefficient (Wildman–Crippen LogP) is 3.26. The minimum atomic E-state index is -0.377. The van der Waals surface area contributed by atoms with E-state index in [0.29, 0.717) is 18.7 Å². The Morgan fingerprint density at radius 1 is 1.00 bits per heavy atom. The summed E-state index contributed by atoms with van der Waals surface area (Å²) in [5.41, 5.74) is 1.89. The average molecular weight is 408 g/mol. The van der Waals surface area contributed by atoms with E-state index >= 15 is 0 Å². The molecule has 0 radical (unpaired) electrons. The van der Waals surface area contributed by atoms with Crippen LogP contribution in [0.25, 0.3) is 11.0 Å². The van der Waals surface area contributed by atoms with Gasteiger partial charge in [-0.05, 0) is 35.7 Å². The molecule has 2 aromatic carbocycles. The van der Waals surface area contributed by atoms with Crippen LogP contribution in [0.3, 0.4) is 0 Å². The van der Waals surface area contributed by atoms with Crippen molar-refractivity contribution in [3.05, 3.63) is 70.1 Å². The van der Waals surface area contributed by atoms with Gasteiger partial charge in [-0.25, -0.2) is 4.79 Å². The number of piperazine rings is 1. The number of phenols is 1. The molecule has 0 unspecified atom stereocenters. The number of benzene rings is 2. The molecule has 1 N–H and O–H groups in total. The first kappa shape index (κ1) is 20.4. The van der Waals surface area contributed by atoms with Gasteiger partial charge in [-0.3, -0.25) is 9.80 Å². The Balaban J connectivity index is 1.35. The van der Waals surface area contributed by atoms with E-state index in [1.165, 1.54) is 0 Å². The third kappa shape index (κ3) is 4.83. The van der Waals surface area contributed by atoms with E-state index in [4.69, 9.17) is 9.15 Å². The number of aryl methyl sites for hydroxylation is 1. The molecular weight excluding hydrogens is 380 g/mol. The molecule has 1 aliphatic rings. The Morgan fingerprint density at radius 2 is 1.73 bits per heavy atom. The SMILES string of the molecule is CCc1cc2c(CN3CCN(CCOc4ccccc4)CC3)cc(=O)oc2cc1O. The van der Waals surface area contributed by atoms with Crippen LogP contribution in [0.4, 0.5) is 0 Å². The molecule has 6 nitrogen and oxygen atoms in total. The van der Waals surface area contributed by atoms with Crippen molar-refractivity contribution >= 4 is 11.0 Å². The van der Waals surface area contributed by atoms with Crippen LogP contribution in [0.2, 0.25) is 0 Å². The van der Waals surface area contributed by atoms with Gasteiger partial charge in [0.2, 0.25) is 0 Å². The summed E-state index contributed by atoms with van der Waals surface area (Å²) in [6, 6.07) is 15.0. The highest BCUT2D eigenvalue weighted by molar-refractivity contribution is 5.82. The normalized spacial score (nSPS) is 15.5. The molecular formula is C24H28N2O4. The lowest BCUT2D eigenvalue weighted by molar-refractivity contribution is 0.112. The molecule has 2 heterocycles. The van der Waals surface area contributed by atoms with Gasteiger partial charge in [0, 0.05) is 56.8 Å². The number of ether oxygens (including phenoxy) is 1. The lowest BCUT2D eigenvalue weighted by atomic mass is 10.0. The maximum Gasteiger partial charge on any atom is 0.336 e. The minimum Gasteiger partial charge on any atom is -0.508 e. The van der Waals surface area contributed by atoms with Crippen molar-refractivity contribution in [2.75, 3.05) is 39.3 Å². The highest BCUT2D eigenvalue weighted by Crippen LogP contribution is 2.27. The standard InChI is InChI=1S/C24H28N2O4/c1-2-18-14-21-19(15-24(28)30-23(21)16-22(18)27)17-26-10-8-25(9-11-26)12-13-29-20-6-4-3-5-7-20/h3-7,14-16,27H,2,8-13,17H2,1H3. The van der Waals surface area contributed by atoms with Gasteiger partial charge in [-0.2, -0.15) is 0 Å². The molecule has 0 amide bonds. The molecule has 0 saturated carbocycles. The van der Waals surface area contributed by atoms with Gasteiger partial charge in [-0.1, -0.05) is 25.1 Å². The third-order valence-corrected chi connectivity index (χ3v) is 5.69. The van der Waals surface area contributed by atoms with E-state index in [2.05, 4.69) is 9.80 Å². The Hall–Kier alpha value is -2.83. The number of nitrogens with zero attached hydrogens (tertiary/aromatic N) is 2. The topological polar surface area (TPSA) is 66.2 Å². The average Bonchev–Trinajstić information content (AvgIpc) is 2.75. The molecule has 4 rings (SSSR count). The summed E-state index contributed by atoms with van der Waals surface area (Å²) in [6.07, 6.45) is 0.726. The zero-order chi connectivity index (χ0) is 20.9. The van der Waals surface area contributed by atoms with Crippen molar-refractivity contribution in [2.45, 2.75) is 19.9 Å². The Bertz CT molecular complexity index is 1040. The molecule has 1 aromatic heterocycles. The summed E-state index contributed by atoms with van der Waals surface area (Å²) in [7, 11) is 0. The van der Waals surface area contributed by atoms with Gasteiger partial charge in [0.25, 0.3) is 0 Å². The Labute approximate surface area is 176 Å². The number of phenolic OH excluding ortho intramolecular Hbond substituents is 1. The van der Waals surface area contributed by atoms with Crippen molar-refractivity contribution in [1.82, 2.24) is 9.80 Å². The molecule has 30 heavy (non-hydrogen) atoms. The fourth-order valence-electron chi connectivity index (χ4n) is 3.94. The zero-order valence-corrected chi connectivity index (χ0v) is 17.3. The van der Waals surface area contributed by atoms with E-state index in [-0.39, 0.29) is 11.4 Å². The summed E-state index contributed by atoms with van der Waals surface area (Å²) in [5, 5.41) is 11.0. The highest BCUT2D eigenvalue weighted by atomic mass is 16.5. The van der Waals surface area contributed by atoms with Gasteiger partial charge in [0.1, 0.15) is 23.7 Å². The second-order valence-corrected chi connectivity index (χ2v) is 7.70. The van der Waals surface area contributed by atoms with Crippen LogP contribution < -0.4 is 10.4 Å². The minimum absolute atomic E-state index is 0.177. The van der Waals surface area contributed by atoms with Crippen LogP contribution >= 0.6 is 0 Å². The largest absolute Gasteiger partial charge is 0.508 e. The molecule has 1 saturated heterocycles. The van der Waals surface area contributed by atoms with Crippen LogP contribution in [0.5, 0.6) is 11.5 Å². The van der Waals surface area contributed by atoms with Crippen molar-refractivity contribution < 1.29 is 14.3 Å². The van der Waals surface area contributed by atoms with Gasteiger partial charge in [-0.15, -0.1) is 0 Å². The van der Waals surface area contributed by atoms with Crippen molar-refractivity contribution in [3.63, 3.8) is 0 Å². The predicted molar refractivity (Wildman–Crippen MR) is 117 cm³/mol. The maximum atomic E-state index is 12.0. The summed E-state index contributed by atoms with van der Waals surface area (Å²) in [6.45, 7) is 8.09. The third-order valence-electron chi connectivity index (χ3n) is 5.69. The highest BCUT2D eigenvalue weighted by Gasteiger charge is 2.19. The maximum absolute atomic E-state index is 12.0. The van der Waals surface area contributed by atoms with Crippen molar-refractivity contribution in [1.29, 1.82) is 0 Å². The first-order valence-corrected chi connectivity index (χ1v) is 10.5.